The molecule has 6 nitrogen and oxygen atoms in total. The number of hydrogen-bond donors (Lipinski definition) is 1. The predicted octanol–water partition coefficient (Wildman–Crippen LogP) is 2.02. The van der Waals surface area contributed by atoms with E-state index in [-0.39, 0.29) is 5.91 Å². The topological polar surface area (TPSA) is 62.5 Å². The first-order chi connectivity index (χ1) is 9.51. The number of aliphatic imine (C=N–C) groups is 1. The van der Waals surface area contributed by atoms with Gasteiger partial charge in [0.05, 0.1) is 29.5 Å². The lowest BCUT2D eigenvalue weighted by molar-refractivity contribution is -0.112. The number of carbonyl (C=O) groups is 1. The Morgan fingerprint density at radius 1 is 1.50 bits per heavy atom. The standard InChI is InChI=1S/C14H17N5O/c1-5-19-8-10(2)15-7-13(19)11(3)14(20)17-12-6-16-18(4)9-12/h5-9H,1H2,2-4H3,(H,17,20)/b13-11+. The number of rotatable bonds is 3. The molecule has 1 amide bonds. The average Bonchev–Trinajstić information content (AvgIpc) is 2.83. The number of nitrogens with zero attached hydrogens (tertiary/aromatic N) is 4. The molecule has 20 heavy (non-hydrogen) atoms. The highest BCUT2D eigenvalue weighted by molar-refractivity contribution is 6.07. The maximum absolute atomic E-state index is 12.2. The van der Waals surface area contributed by atoms with E-state index >= 15 is 0 Å². The summed E-state index contributed by atoms with van der Waals surface area (Å²) in [4.78, 5) is 18.2. The second kappa shape index (κ2) is 5.56. The summed E-state index contributed by atoms with van der Waals surface area (Å²) in [6.07, 6.45) is 8.46. The van der Waals surface area contributed by atoms with Crippen molar-refractivity contribution in [3.63, 3.8) is 0 Å². The number of aryl methyl sites for hydroxylation is 1. The smallest absolute Gasteiger partial charge is 0.253 e. The van der Waals surface area contributed by atoms with Crippen LogP contribution in [0.15, 0.2) is 53.3 Å². The van der Waals surface area contributed by atoms with Gasteiger partial charge in [-0.1, -0.05) is 6.58 Å². The van der Waals surface area contributed by atoms with Crippen LogP contribution in [-0.4, -0.2) is 26.8 Å². The summed E-state index contributed by atoms with van der Waals surface area (Å²) >= 11 is 0. The number of anilines is 1. The van der Waals surface area contributed by atoms with Crippen LogP contribution in [0.3, 0.4) is 0 Å². The lowest BCUT2D eigenvalue weighted by atomic mass is 10.2. The van der Waals surface area contributed by atoms with E-state index in [2.05, 4.69) is 22.0 Å². The van der Waals surface area contributed by atoms with Crippen molar-refractivity contribution in [3.8, 4) is 0 Å². The highest BCUT2D eigenvalue weighted by Gasteiger charge is 2.16. The van der Waals surface area contributed by atoms with Gasteiger partial charge >= 0.3 is 0 Å². The first-order valence-corrected chi connectivity index (χ1v) is 6.15. The highest BCUT2D eigenvalue weighted by atomic mass is 16.1. The second-order valence-electron chi connectivity index (χ2n) is 4.49. The van der Waals surface area contributed by atoms with E-state index < -0.39 is 0 Å². The molecule has 0 bridgehead atoms. The Hall–Kier alpha value is -2.63. The van der Waals surface area contributed by atoms with Gasteiger partial charge in [0.25, 0.3) is 5.91 Å². The van der Waals surface area contributed by atoms with Gasteiger partial charge in [0.15, 0.2) is 0 Å². The van der Waals surface area contributed by atoms with Crippen LogP contribution in [0, 0.1) is 0 Å². The molecule has 2 rings (SSSR count). The SMILES string of the molecule is C=CN1C=C(C)N=C/C1=C(/C)C(=O)Nc1cnn(C)c1. The fraction of sp³-hybridized carbons (Fsp3) is 0.214. The maximum atomic E-state index is 12.2. The highest BCUT2D eigenvalue weighted by Crippen LogP contribution is 2.18. The van der Waals surface area contributed by atoms with E-state index in [0.29, 0.717) is 17.0 Å². The van der Waals surface area contributed by atoms with E-state index in [9.17, 15) is 4.79 Å². The van der Waals surface area contributed by atoms with Crippen LogP contribution in [0.5, 0.6) is 0 Å². The van der Waals surface area contributed by atoms with E-state index in [1.807, 2.05) is 13.1 Å². The van der Waals surface area contributed by atoms with Crippen molar-refractivity contribution in [2.45, 2.75) is 13.8 Å². The molecule has 0 aromatic carbocycles. The Kier molecular flexibility index (Phi) is 3.84. The Balaban J connectivity index is 2.22. The maximum Gasteiger partial charge on any atom is 0.253 e. The molecule has 1 aromatic rings. The summed E-state index contributed by atoms with van der Waals surface area (Å²) in [5.74, 6) is -0.195. The van der Waals surface area contributed by atoms with Gasteiger partial charge in [-0.15, -0.1) is 0 Å². The Morgan fingerprint density at radius 2 is 2.25 bits per heavy atom. The largest absolute Gasteiger partial charge is 0.321 e. The first-order valence-electron chi connectivity index (χ1n) is 6.15. The Morgan fingerprint density at radius 3 is 2.85 bits per heavy atom. The Bertz CT molecular complexity index is 636. The number of nitrogens with one attached hydrogen (secondary N) is 1. The molecule has 0 saturated heterocycles. The molecule has 0 unspecified atom stereocenters. The van der Waals surface area contributed by atoms with Crippen molar-refractivity contribution in [2.75, 3.05) is 5.32 Å². The zero-order chi connectivity index (χ0) is 14.7. The number of aromatic nitrogens is 2. The summed E-state index contributed by atoms with van der Waals surface area (Å²) in [6.45, 7) is 7.37. The lowest BCUT2D eigenvalue weighted by Gasteiger charge is -2.22. The van der Waals surface area contributed by atoms with Crippen LogP contribution in [0.2, 0.25) is 0 Å². The molecular weight excluding hydrogens is 254 g/mol. The molecule has 1 aliphatic rings. The molecule has 104 valence electrons. The third-order valence-corrected chi connectivity index (χ3v) is 2.88. The van der Waals surface area contributed by atoms with Crippen molar-refractivity contribution in [2.24, 2.45) is 12.0 Å². The minimum Gasteiger partial charge on any atom is -0.321 e. The van der Waals surface area contributed by atoms with Gasteiger partial charge in [-0.2, -0.15) is 5.10 Å². The minimum absolute atomic E-state index is 0.195. The number of amides is 1. The Labute approximate surface area is 117 Å². The first kappa shape index (κ1) is 13.8. The molecule has 0 fully saturated rings. The molecule has 0 spiro atoms. The number of allylic oxidation sites excluding steroid dienone is 2. The van der Waals surface area contributed by atoms with Crippen LogP contribution in [0.25, 0.3) is 0 Å². The molecule has 0 atom stereocenters. The molecule has 0 radical (unpaired) electrons. The third kappa shape index (κ3) is 2.85. The van der Waals surface area contributed by atoms with Gasteiger partial charge in [-0.05, 0) is 13.8 Å². The summed E-state index contributed by atoms with van der Waals surface area (Å²) < 4.78 is 1.63. The van der Waals surface area contributed by atoms with E-state index in [0.717, 1.165) is 5.70 Å². The number of carbonyl (C=O) groups excluding carboxylic acids is 1. The van der Waals surface area contributed by atoms with Gasteiger partial charge in [-0.3, -0.25) is 14.5 Å². The van der Waals surface area contributed by atoms with Crippen molar-refractivity contribution >= 4 is 17.8 Å². The zero-order valence-corrected chi connectivity index (χ0v) is 11.8. The lowest BCUT2D eigenvalue weighted by Crippen LogP contribution is -2.22. The summed E-state index contributed by atoms with van der Waals surface area (Å²) in [6, 6.07) is 0. The van der Waals surface area contributed by atoms with Crippen LogP contribution in [-0.2, 0) is 11.8 Å². The fourth-order valence-electron chi connectivity index (χ4n) is 1.80. The quantitative estimate of drug-likeness (QED) is 0.855. The molecule has 1 aromatic heterocycles. The van der Waals surface area contributed by atoms with Gasteiger partial charge in [0.1, 0.15) is 0 Å². The number of hydrogen-bond acceptors (Lipinski definition) is 4. The van der Waals surface area contributed by atoms with Gasteiger partial charge in [-0.25, -0.2) is 0 Å². The second-order valence-corrected chi connectivity index (χ2v) is 4.49. The van der Waals surface area contributed by atoms with E-state index in [1.165, 1.54) is 0 Å². The van der Waals surface area contributed by atoms with Gasteiger partial charge < -0.3 is 10.2 Å². The monoisotopic (exact) mass is 271 g/mol. The van der Waals surface area contributed by atoms with Crippen molar-refractivity contribution in [1.82, 2.24) is 14.7 Å². The molecular formula is C14H17N5O. The van der Waals surface area contributed by atoms with Crippen LogP contribution < -0.4 is 5.32 Å². The van der Waals surface area contributed by atoms with Gasteiger partial charge in [0, 0.05) is 31.2 Å². The van der Waals surface area contributed by atoms with Gasteiger partial charge in [0.2, 0.25) is 0 Å². The summed E-state index contributed by atoms with van der Waals surface area (Å²) in [5.41, 5.74) is 2.77. The predicted molar refractivity (Wildman–Crippen MR) is 78.8 cm³/mol. The molecule has 1 N–H and O–H groups in total. The molecule has 6 heteroatoms. The third-order valence-electron chi connectivity index (χ3n) is 2.88. The van der Waals surface area contributed by atoms with Crippen molar-refractivity contribution in [3.05, 3.63) is 48.3 Å². The van der Waals surface area contributed by atoms with Crippen LogP contribution in [0.1, 0.15) is 13.8 Å². The molecule has 0 saturated carbocycles. The summed E-state index contributed by atoms with van der Waals surface area (Å²) in [7, 11) is 1.79. The summed E-state index contributed by atoms with van der Waals surface area (Å²) in [5, 5.41) is 6.80. The van der Waals surface area contributed by atoms with E-state index in [1.54, 1.807) is 48.4 Å². The average molecular weight is 271 g/mol. The van der Waals surface area contributed by atoms with Crippen LogP contribution in [0.4, 0.5) is 5.69 Å². The minimum atomic E-state index is -0.195. The fourth-order valence-corrected chi connectivity index (χ4v) is 1.80. The normalized spacial score (nSPS) is 16.8. The molecule has 2 heterocycles. The van der Waals surface area contributed by atoms with Crippen molar-refractivity contribution in [1.29, 1.82) is 0 Å². The van der Waals surface area contributed by atoms with Crippen LogP contribution >= 0.6 is 0 Å². The zero-order valence-electron chi connectivity index (χ0n) is 11.8. The molecule has 0 aliphatic carbocycles. The van der Waals surface area contributed by atoms with Crippen molar-refractivity contribution < 1.29 is 4.79 Å². The molecule has 1 aliphatic heterocycles. The van der Waals surface area contributed by atoms with E-state index in [4.69, 9.17) is 0 Å².